The molecular formula is C8H4ClN3O2. The zero-order chi connectivity index (χ0) is 10.6. The standard InChI is InChI=1S/C8H4ClN3O2/c9-6-4-8(12(13)14)7(11-5-6)2-1-3-10/h1-2,4-5H. The second kappa shape index (κ2) is 4.35. The molecule has 1 rings (SSSR count). The van der Waals surface area contributed by atoms with Gasteiger partial charge < -0.3 is 0 Å². The van der Waals surface area contributed by atoms with Gasteiger partial charge in [-0.2, -0.15) is 5.26 Å². The van der Waals surface area contributed by atoms with Crippen molar-refractivity contribution in [2.45, 2.75) is 0 Å². The van der Waals surface area contributed by atoms with Gasteiger partial charge >= 0.3 is 0 Å². The summed E-state index contributed by atoms with van der Waals surface area (Å²) >= 11 is 5.54. The molecule has 0 aliphatic rings. The second-order valence-electron chi connectivity index (χ2n) is 2.28. The van der Waals surface area contributed by atoms with Crippen molar-refractivity contribution in [2.24, 2.45) is 0 Å². The van der Waals surface area contributed by atoms with Crippen LogP contribution in [0, 0.1) is 21.4 Å². The minimum Gasteiger partial charge on any atom is -0.258 e. The molecule has 0 aliphatic carbocycles. The Bertz CT molecular complexity index is 437. The second-order valence-corrected chi connectivity index (χ2v) is 2.71. The molecule has 0 amide bonds. The number of rotatable bonds is 2. The smallest absolute Gasteiger partial charge is 0.258 e. The number of halogens is 1. The minimum atomic E-state index is -0.601. The minimum absolute atomic E-state index is 0.112. The molecule has 5 nitrogen and oxygen atoms in total. The number of aromatic nitrogens is 1. The maximum atomic E-state index is 10.5. The Balaban J connectivity index is 3.23. The van der Waals surface area contributed by atoms with E-state index in [1.54, 1.807) is 6.07 Å². The third kappa shape index (κ3) is 2.28. The molecule has 0 atom stereocenters. The van der Waals surface area contributed by atoms with Gasteiger partial charge in [0.2, 0.25) is 0 Å². The first-order chi connectivity index (χ1) is 6.65. The summed E-state index contributed by atoms with van der Waals surface area (Å²) in [6.07, 6.45) is 3.66. The molecule has 0 bridgehead atoms. The molecule has 6 heteroatoms. The summed E-state index contributed by atoms with van der Waals surface area (Å²) in [5, 5.41) is 19.0. The Morgan fingerprint density at radius 2 is 2.43 bits per heavy atom. The van der Waals surface area contributed by atoms with Crippen LogP contribution in [0.4, 0.5) is 5.69 Å². The van der Waals surface area contributed by atoms with Crippen LogP contribution < -0.4 is 0 Å². The summed E-state index contributed by atoms with van der Waals surface area (Å²) in [5.74, 6) is 0. The van der Waals surface area contributed by atoms with E-state index in [4.69, 9.17) is 16.9 Å². The van der Waals surface area contributed by atoms with Gasteiger partial charge in [-0.05, 0) is 6.08 Å². The Hall–Kier alpha value is -1.93. The van der Waals surface area contributed by atoms with Crippen LogP contribution in [-0.2, 0) is 0 Å². The first-order valence-electron chi connectivity index (χ1n) is 3.51. The van der Waals surface area contributed by atoms with E-state index in [-0.39, 0.29) is 16.4 Å². The molecule has 1 aromatic heterocycles. The number of nitro groups is 1. The zero-order valence-electron chi connectivity index (χ0n) is 6.85. The number of nitriles is 1. The van der Waals surface area contributed by atoms with Gasteiger partial charge in [-0.3, -0.25) is 10.1 Å². The maximum absolute atomic E-state index is 10.5. The normalized spacial score (nSPS) is 10.0. The average Bonchev–Trinajstić information content (AvgIpc) is 2.15. The fraction of sp³-hybridized carbons (Fsp3) is 0. The maximum Gasteiger partial charge on any atom is 0.296 e. The van der Waals surface area contributed by atoms with Gasteiger partial charge in [-0.25, -0.2) is 4.98 Å². The molecule has 0 radical (unpaired) electrons. The first kappa shape index (κ1) is 10.2. The zero-order valence-corrected chi connectivity index (χ0v) is 7.60. The quantitative estimate of drug-likeness (QED) is 0.425. The Labute approximate surface area is 84.4 Å². The lowest BCUT2D eigenvalue weighted by Crippen LogP contribution is -1.93. The van der Waals surface area contributed by atoms with Gasteiger partial charge in [0.15, 0.2) is 0 Å². The molecule has 1 aromatic rings. The van der Waals surface area contributed by atoms with E-state index in [9.17, 15) is 10.1 Å². The van der Waals surface area contributed by atoms with Gasteiger partial charge in [0.05, 0.1) is 16.0 Å². The largest absolute Gasteiger partial charge is 0.296 e. The molecule has 0 saturated heterocycles. The van der Waals surface area contributed by atoms with Crippen LogP contribution in [0.15, 0.2) is 18.3 Å². The van der Waals surface area contributed by atoms with Crippen LogP contribution in [0.3, 0.4) is 0 Å². The van der Waals surface area contributed by atoms with Crippen LogP contribution in [0.1, 0.15) is 5.69 Å². The Morgan fingerprint density at radius 3 is 3.00 bits per heavy atom. The molecule has 0 unspecified atom stereocenters. The first-order valence-corrected chi connectivity index (χ1v) is 3.89. The number of hydrogen-bond acceptors (Lipinski definition) is 4. The van der Waals surface area contributed by atoms with Crippen LogP contribution in [-0.4, -0.2) is 9.91 Å². The lowest BCUT2D eigenvalue weighted by atomic mass is 10.3. The van der Waals surface area contributed by atoms with Gasteiger partial charge in [-0.15, -0.1) is 0 Å². The van der Waals surface area contributed by atoms with Crippen molar-refractivity contribution in [1.29, 1.82) is 5.26 Å². The van der Waals surface area contributed by atoms with E-state index in [0.717, 1.165) is 6.08 Å². The van der Waals surface area contributed by atoms with Crippen molar-refractivity contribution in [3.8, 4) is 6.07 Å². The molecule has 1 heterocycles. The molecule has 0 N–H and O–H groups in total. The average molecular weight is 210 g/mol. The van der Waals surface area contributed by atoms with Gasteiger partial charge in [-0.1, -0.05) is 11.6 Å². The van der Waals surface area contributed by atoms with Crippen LogP contribution in [0.2, 0.25) is 5.02 Å². The topological polar surface area (TPSA) is 79.8 Å². The SMILES string of the molecule is N#CC=Cc1ncc(Cl)cc1[N+](=O)[O-]. The molecule has 70 valence electrons. The number of allylic oxidation sites excluding steroid dienone is 1. The van der Waals surface area contributed by atoms with E-state index >= 15 is 0 Å². The monoisotopic (exact) mass is 209 g/mol. The highest BCUT2D eigenvalue weighted by atomic mass is 35.5. The molecule has 0 saturated carbocycles. The van der Waals surface area contributed by atoms with Crippen LogP contribution in [0.5, 0.6) is 0 Å². The Kier molecular flexibility index (Phi) is 3.15. The van der Waals surface area contributed by atoms with E-state index in [1.807, 2.05) is 0 Å². The van der Waals surface area contributed by atoms with Gasteiger partial charge in [0.1, 0.15) is 5.69 Å². The summed E-state index contributed by atoms with van der Waals surface area (Å²) in [4.78, 5) is 13.7. The van der Waals surface area contributed by atoms with Crippen molar-refractivity contribution >= 4 is 23.4 Å². The lowest BCUT2D eigenvalue weighted by Gasteiger charge is -1.95. The third-order valence-corrected chi connectivity index (χ3v) is 1.58. The van der Waals surface area contributed by atoms with Crippen molar-refractivity contribution < 1.29 is 4.92 Å². The summed E-state index contributed by atoms with van der Waals surface area (Å²) in [7, 11) is 0. The third-order valence-electron chi connectivity index (χ3n) is 1.38. The van der Waals surface area contributed by atoms with E-state index in [1.165, 1.54) is 18.3 Å². The molecule has 0 aromatic carbocycles. The van der Waals surface area contributed by atoms with Crippen LogP contribution in [0.25, 0.3) is 6.08 Å². The number of pyridine rings is 1. The highest BCUT2D eigenvalue weighted by Gasteiger charge is 2.13. The molecule has 14 heavy (non-hydrogen) atoms. The highest BCUT2D eigenvalue weighted by molar-refractivity contribution is 6.30. The summed E-state index contributed by atoms with van der Waals surface area (Å²) in [5.41, 5.74) is -0.107. The molecule has 0 fully saturated rings. The molecule has 0 aliphatic heterocycles. The van der Waals surface area contributed by atoms with Gasteiger partial charge in [0.25, 0.3) is 5.69 Å². The van der Waals surface area contributed by atoms with Crippen LogP contribution >= 0.6 is 11.6 Å². The fourth-order valence-electron chi connectivity index (χ4n) is 0.830. The fourth-order valence-corrected chi connectivity index (χ4v) is 0.982. The lowest BCUT2D eigenvalue weighted by molar-refractivity contribution is -0.385. The summed E-state index contributed by atoms with van der Waals surface area (Å²) < 4.78 is 0. The highest BCUT2D eigenvalue weighted by Crippen LogP contribution is 2.21. The van der Waals surface area contributed by atoms with E-state index in [0.29, 0.717) is 0 Å². The van der Waals surface area contributed by atoms with E-state index in [2.05, 4.69) is 4.98 Å². The summed E-state index contributed by atoms with van der Waals surface area (Å²) in [6.45, 7) is 0. The predicted octanol–water partition coefficient (Wildman–Crippen LogP) is 2.18. The molecule has 0 spiro atoms. The molecular weight excluding hydrogens is 206 g/mol. The number of hydrogen-bond donors (Lipinski definition) is 0. The van der Waals surface area contributed by atoms with Crippen molar-refractivity contribution in [3.05, 3.63) is 39.2 Å². The summed E-state index contributed by atoms with van der Waals surface area (Å²) in [6, 6.07) is 2.91. The predicted molar refractivity (Wildman–Crippen MR) is 50.5 cm³/mol. The van der Waals surface area contributed by atoms with Crippen molar-refractivity contribution in [3.63, 3.8) is 0 Å². The van der Waals surface area contributed by atoms with Crippen molar-refractivity contribution in [2.75, 3.05) is 0 Å². The number of nitrogens with zero attached hydrogens (tertiary/aromatic N) is 3. The van der Waals surface area contributed by atoms with E-state index < -0.39 is 4.92 Å². The van der Waals surface area contributed by atoms with Crippen molar-refractivity contribution in [1.82, 2.24) is 4.98 Å². The Morgan fingerprint density at radius 1 is 1.71 bits per heavy atom. The van der Waals surface area contributed by atoms with Gasteiger partial charge in [0, 0.05) is 18.3 Å².